The number of nitrogens with one attached hydrogen (secondary N) is 2. The number of halogens is 1. The Morgan fingerprint density at radius 1 is 1.16 bits per heavy atom. The van der Waals surface area contributed by atoms with Crippen molar-refractivity contribution in [3.8, 4) is 0 Å². The van der Waals surface area contributed by atoms with E-state index in [0.717, 1.165) is 47.3 Å². The summed E-state index contributed by atoms with van der Waals surface area (Å²) in [4.78, 5) is 16.3. The number of H-pyrrole nitrogens is 1. The van der Waals surface area contributed by atoms with Crippen LogP contribution in [0.5, 0.6) is 0 Å². The Morgan fingerprint density at radius 3 is 2.68 bits per heavy atom. The predicted octanol–water partition coefficient (Wildman–Crippen LogP) is 4.61. The highest BCUT2D eigenvalue weighted by Crippen LogP contribution is 2.35. The molecule has 1 heterocycles. The minimum Gasteiger partial charge on any atom is -0.360 e. The fraction of sp³-hybridized carbons (Fsp3) is 0.286. The van der Waals surface area contributed by atoms with E-state index >= 15 is 0 Å². The molecule has 1 aliphatic rings. The normalized spacial score (nSPS) is 15.4. The third kappa shape index (κ3) is 3.63. The maximum atomic E-state index is 13.1. The molecule has 3 nitrogen and oxygen atoms in total. The van der Waals surface area contributed by atoms with Crippen LogP contribution in [-0.4, -0.2) is 23.4 Å². The van der Waals surface area contributed by atoms with Crippen LogP contribution in [0, 0.1) is 5.92 Å². The van der Waals surface area contributed by atoms with Gasteiger partial charge < -0.3 is 10.3 Å². The molecule has 1 saturated carbocycles. The van der Waals surface area contributed by atoms with Gasteiger partial charge in [0.05, 0.1) is 6.04 Å². The van der Waals surface area contributed by atoms with Gasteiger partial charge >= 0.3 is 0 Å². The van der Waals surface area contributed by atoms with Gasteiger partial charge in [0, 0.05) is 27.7 Å². The van der Waals surface area contributed by atoms with Crippen molar-refractivity contribution in [2.75, 3.05) is 6.54 Å². The molecule has 4 rings (SSSR count). The lowest BCUT2D eigenvalue weighted by Crippen LogP contribution is -2.39. The van der Waals surface area contributed by atoms with Crippen LogP contribution in [0.2, 0.25) is 5.02 Å². The highest BCUT2D eigenvalue weighted by Gasteiger charge is 2.36. The van der Waals surface area contributed by atoms with E-state index < -0.39 is 0 Å². The van der Waals surface area contributed by atoms with E-state index in [-0.39, 0.29) is 11.8 Å². The number of hydrogen-bond donors (Lipinski definition) is 2. The molecule has 0 spiro atoms. The number of Topliss-reactive ketones (excluding diaryl/α,β-unsaturated/α-hetero) is 1. The molecular weight excluding hydrogens is 332 g/mol. The zero-order valence-electron chi connectivity index (χ0n) is 14.0. The predicted molar refractivity (Wildman–Crippen MR) is 102 cm³/mol. The minimum absolute atomic E-state index is 0.0912. The van der Waals surface area contributed by atoms with Crippen molar-refractivity contribution in [2.24, 2.45) is 5.92 Å². The Hall–Kier alpha value is -2.10. The number of fused-ring (bicyclic) bond motifs is 1. The first-order valence-electron chi connectivity index (χ1n) is 8.80. The van der Waals surface area contributed by atoms with Gasteiger partial charge in [0.1, 0.15) is 0 Å². The van der Waals surface area contributed by atoms with Crippen molar-refractivity contribution in [3.05, 3.63) is 70.9 Å². The van der Waals surface area contributed by atoms with E-state index in [9.17, 15) is 4.79 Å². The molecule has 4 heteroatoms. The average Bonchev–Trinajstić information content (AvgIpc) is 3.38. The number of para-hydroxylation sites is 1. The maximum Gasteiger partial charge on any atom is 0.182 e. The monoisotopic (exact) mass is 352 g/mol. The second-order valence-corrected chi connectivity index (χ2v) is 7.19. The molecule has 1 aliphatic carbocycles. The van der Waals surface area contributed by atoms with Gasteiger partial charge in [-0.05, 0) is 55.5 Å². The molecule has 2 aromatic carbocycles. The molecule has 0 bridgehead atoms. The first-order valence-corrected chi connectivity index (χ1v) is 9.18. The van der Waals surface area contributed by atoms with E-state index in [1.54, 1.807) is 0 Å². The van der Waals surface area contributed by atoms with Crippen molar-refractivity contribution in [1.29, 1.82) is 0 Å². The summed E-state index contributed by atoms with van der Waals surface area (Å²) in [5.41, 5.74) is 3.04. The van der Waals surface area contributed by atoms with Gasteiger partial charge in [-0.2, -0.15) is 0 Å². The van der Waals surface area contributed by atoms with Crippen LogP contribution in [0.3, 0.4) is 0 Å². The topological polar surface area (TPSA) is 44.9 Å². The van der Waals surface area contributed by atoms with Crippen molar-refractivity contribution >= 4 is 28.3 Å². The van der Waals surface area contributed by atoms with Gasteiger partial charge in [-0.3, -0.25) is 4.79 Å². The summed E-state index contributed by atoms with van der Waals surface area (Å²) in [5, 5.41) is 5.26. The second kappa shape index (κ2) is 7.03. The number of aromatic amines is 1. The first kappa shape index (κ1) is 16.4. The molecule has 2 N–H and O–H groups in total. The Morgan fingerprint density at radius 2 is 1.92 bits per heavy atom. The van der Waals surface area contributed by atoms with Crippen molar-refractivity contribution in [1.82, 2.24) is 10.3 Å². The van der Waals surface area contributed by atoms with Crippen LogP contribution in [0.1, 0.15) is 28.8 Å². The summed E-state index contributed by atoms with van der Waals surface area (Å²) >= 11 is 5.93. The van der Waals surface area contributed by atoms with Gasteiger partial charge in [0.15, 0.2) is 5.78 Å². The van der Waals surface area contributed by atoms with Crippen molar-refractivity contribution in [3.63, 3.8) is 0 Å². The Kier molecular flexibility index (Phi) is 4.60. The molecule has 0 unspecified atom stereocenters. The van der Waals surface area contributed by atoms with Crippen LogP contribution >= 0.6 is 11.6 Å². The van der Waals surface area contributed by atoms with E-state index in [1.807, 2.05) is 54.7 Å². The van der Waals surface area contributed by atoms with Gasteiger partial charge in [-0.1, -0.05) is 41.9 Å². The lowest BCUT2D eigenvalue weighted by atomic mass is 9.99. The quantitative estimate of drug-likeness (QED) is 0.610. The van der Waals surface area contributed by atoms with Crippen LogP contribution in [0.25, 0.3) is 10.9 Å². The van der Waals surface area contributed by atoms with Crippen molar-refractivity contribution in [2.45, 2.75) is 25.3 Å². The third-order valence-electron chi connectivity index (χ3n) is 4.92. The SMILES string of the molecule is O=C(c1c[nH]c2ccccc12)[C@H](NCCc1ccc(Cl)cc1)C1CC1. The number of carbonyl (C=O) groups excluding carboxylic acids is 1. The fourth-order valence-corrected chi connectivity index (χ4v) is 3.49. The van der Waals surface area contributed by atoms with Gasteiger partial charge in [-0.15, -0.1) is 0 Å². The molecule has 3 aromatic rings. The molecule has 1 atom stereocenters. The van der Waals surface area contributed by atoms with Crippen molar-refractivity contribution < 1.29 is 4.79 Å². The highest BCUT2D eigenvalue weighted by atomic mass is 35.5. The number of rotatable bonds is 7. The van der Waals surface area contributed by atoms with E-state index in [0.29, 0.717) is 5.92 Å². The standard InChI is InChI=1S/C21H21ClN2O/c22-16-9-5-14(6-10-16)11-12-23-20(15-7-8-15)21(25)18-13-24-19-4-2-1-3-17(18)19/h1-6,9-10,13,15,20,23-24H,7-8,11-12H2/t20-/m1/s1. The molecule has 1 aromatic heterocycles. The highest BCUT2D eigenvalue weighted by molar-refractivity contribution is 6.30. The number of carbonyl (C=O) groups is 1. The molecule has 1 fully saturated rings. The summed E-state index contributed by atoms with van der Waals surface area (Å²) in [6, 6.07) is 15.8. The van der Waals surface area contributed by atoms with Crippen LogP contribution in [-0.2, 0) is 6.42 Å². The van der Waals surface area contributed by atoms with Gasteiger partial charge in [-0.25, -0.2) is 0 Å². The lowest BCUT2D eigenvalue weighted by molar-refractivity contribution is 0.0933. The summed E-state index contributed by atoms with van der Waals surface area (Å²) in [6.45, 7) is 0.789. The molecule has 25 heavy (non-hydrogen) atoms. The Balaban J connectivity index is 1.45. The summed E-state index contributed by atoms with van der Waals surface area (Å²) in [7, 11) is 0. The molecule has 0 amide bonds. The second-order valence-electron chi connectivity index (χ2n) is 6.76. The van der Waals surface area contributed by atoms with Crippen LogP contribution in [0.15, 0.2) is 54.7 Å². The van der Waals surface area contributed by atoms with Crippen LogP contribution < -0.4 is 5.32 Å². The molecule has 0 radical (unpaired) electrons. The zero-order valence-corrected chi connectivity index (χ0v) is 14.7. The van der Waals surface area contributed by atoms with E-state index in [4.69, 9.17) is 11.6 Å². The van der Waals surface area contributed by atoms with E-state index in [2.05, 4.69) is 10.3 Å². The zero-order chi connectivity index (χ0) is 17.2. The Bertz CT molecular complexity index is 880. The van der Waals surface area contributed by atoms with Gasteiger partial charge in [0.25, 0.3) is 0 Å². The first-order chi connectivity index (χ1) is 12.2. The summed E-state index contributed by atoms with van der Waals surface area (Å²) in [6.07, 6.45) is 5.00. The average molecular weight is 353 g/mol. The molecule has 128 valence electrons. The lowest BCUT2D eigenvalue weighted by Gasteiger charge is -2.17. The number of ketones is 1. The number of hydrogen-bond acceptors (Lipinski definition) is 2. The van der Waals surface area contributed by atoms with E-state index in [1.165, 1.54) is 5.56 Å². The van der Waals surface area contributed by atoms with Gasteiger partial charge in [0.2, 0.25) is 0 Å². The van der Waals surface area contributed by atoms with Crippen LogP contribution in [0.4, 0.5) is 0 Å². The largest absolute Gasteiger partial charge is 0.360 e. The minimum atomic E-state index is -0.0912. The molecule has 0 saturated heterocycles. The maximum absolute atomic E-state index is 13.1. The summed E-state index contributed by atoms with van der Waals surface area (Å²) in [5.74, 6) is 0.669. The number of aromatic nitrogens is 1. The number of benzene rings is 2. The third-order valence-corrected chi connectivity index (χ3v) is 5.17. The Labute approximate surface area is 152 Å². The summed E-state index contributed by atoms with van der Waals surface area (Å²) < 4.78 is 0. The fourth-order valence-electron chi connectivity index (χ4n) is 3.37. The smallest absolute Gasteiger partial charge is 0.182 e. The molecule has 0 aliphatic heterocycles. The molecular formula is C21H21ClN2O.